The highest BCUT2D eigenvalue weighted by Gasteiger charge is 2.46. The van der Waals surface area contributed by atoms with Crippen LogP contribution in [0.3, 0.4) is 0 Å². The lowest BCUT2D eigenvalue weighted by molar-refractivity contribution is 0.593. The number of fused-ring (bicyclic) bond motifs is 7. The Balaban J connectivity index is 0.771. The van der Waals surface area contributed by atoms with Crippen molar-refractivity contribution in [2.24, 2.45) is 0 Å². The summed E-state index contributed by atoms with van der Waals surface area (Å²) in [5.74, 6) is 0. The maximum Gasteiger partial charge on any atom is 0.0713 e. The van der Waals surface area contributed by atoms with Gasteiger partial charge in [0.25, 0.3) is 0 Å². The van der Waals surface area contributed by atoms with Gasteiger partial charge in [0, 0.05) is 42.7 Å². The maximum absolute atomic E-state index is 2.53. The summed E-state index contributed by atoms with van der Waals surface area (Å²) in [6, 6.07) is 106. The normalized spacial score (nSPS) is 15.2. The first kappa shape index (κ1) is 47.6. The molecule has 0 amide bonds. The van der Waals surface area contributed by atoms with Crippen LogP contribution in [0.1, 0.15) is 41.2 Å². The van der Waals surface area contributed by atoms with Crippen LogP contribution in [-0.4, -0.2) is 0 Å². The summed E-state index contributed by atoms with van der Waals surface area (Å²) in [6.45, 7) is 2.41. The summed E-state index contributed by atoms with van der Waals surface area (Å²) in [7, 11) is 0. The lowest BCUT2D eigenvalue weighted by Gasteiger charge is -2.36. The largest absolute Gasteiger partial charge is 0.311 e. The number of allylic oxidation sites excluding steroid dienone is 3. The van der Waals surface area contributed by atoms with Crippen LogP contribution in [0.5, 0.6) is 0 Å². The van der Waals surface area contributed by atoms with Crippen LogP contribution in [0.25, 0.3) is 86.6 Å². The van der Waals surface area contributed by atoms with Crippen molar-refractivity contribution in [1.82, 2.24) is 0 Å². The van der Waals surface area contributed by atoms with Gasteiger partial charge in [-0.2, -0.15) is 0 Å². The van der Waals surface area contributed by atoms with Gasteiger partial charge in [0.15, 0.2) is 0 Å². The standard InChI is InChI=1S/C78H55NS/c1-77(64-40-45-70-69-24-10-12-28-73(69)78(74(70)52-64,62-20-4-2-5-21-62)63-22-6-3-7-23-63)48-46-67(47-49-77)79(66-43-38-57(39-44-66)68-26-15-27-72-71-25-11-13-29-75(71)80-76(68)72)65-41-36-55(37-42-65)54-30-32-56(33-31-54)59-18-14-19-60(50-59)61-35-34-53-16-8-9-17-58(53)51-61/h2-48,50-52H,49H2,1H3. The Morgan fingerprint density at radius 1 is 0.362 bits per heavy atom. The number of thiophene rings is 1. The molecular formula is C78H55NS. The average molecular weight is 1040 g/mol. The molecule has 12 aromatic carbocycles. The van der Waals surface area contributed by atoms with Gasteiger partial charge in [0.2, 0.25) is 0 Å². The van der Waals surface area contributed by atoms with Crippen molar-refractivity contribution >= 4 is 53.7 Å². The van der Waals surface area contributed by atoms with Gasteiger partial charge < -0.3 is 4.90 Å². The fraction of sp³-hybridized carbons (Fsp3) is 0.0513. The number of nitrogens with zero attached hydrogens (tertiary/aromatic N) is 1. The Morgan fingerprint density at radius 3 is 1.61 bits per heavy atom. The third kappa shape index (κ3) is 7.97. The van der Waals surface area contributed by atoms with Crippen LogP contribution < -0.4 is 4.90 Å². The lowest BCUT2D eigenvalue weighted by atomic mass is 9.66. The van der Waals surface area contributed by atoms with Crippen molar-refractivity contribution in [3.8, 4) is 55.6 Å². The Hall–Kier alpha value is -9.60. The van der Waals surface area contributed by atoms with Gasteiger partial charge in [-0.05, 0) is 149 Å². The minimum atomic E-state index is -0.454. The first-order valence-electron chi connectivity index (χ1n) is 27.8. The van der Waals surface area contributed by atoms with Gasteiger partial charge in [0.1, 0.15) is 0 Å². The van der Waals surface area contributed by atoms with Crippen LogP contribution in [0.2, 0.25) is 0 Å². The summed E-state index contributed by atoms with van der Waals surface area (Å²) in [5.41, 5.74) is 21.5. The zero-order valence-corrected chi connectivity index (χ0v) is 45.2. The molecule has 1 atom stereocenters. The van der Waals surface area contributed by atoms with E-state index in [2.05, 4.69) is 315 Å². The molecule has 0 spiro atoms. The Kier molecular flexibility index (Phi) is 11.5. The molecule has 0 saturated carbocycles. The van der Waals surface area contributed by atoms with Crippen LogP contribution in [0, 0.1) is 0 Å². The highest BCUT2D eigenvalue weighted by Crippen LogP contribution is 2.57. The quantitative estimate of drug-likeness (QED) is 0.132. The zero-order valence-electron chi connectivity index (χ0n) is 44.4. The lowest BCUT2D eigenvalue weighted by Crippen LogP contribution is -2.29. The van der Waals surface area contributed by atoms with Crippen LogP contribution in [-0.2, 0) is 10.8 Å². The van der Waals surface area contributed by atoms with Crippen molar-refractivity contribution < 1.29 is 0 Å². The molecule has 2 heteroatoms. The zero-order chi connectivity index (χ0) is 53.2. The molecule has 1 nitrogen and oxygen atoms in total. The summed E-state index contributed by atoms with van der Waals surface area (Å²) < 4.78 is 2.65. The molecule has 15 rings (SSSR count). The fourth-order valence-electron chi connectivity index (χ4n) is 13.0. The minimum absolute atomic E-state index is 0.251. The monoisotopic (exact) mass is 1040 g/mol. The van der Waals surface area contributed by atoms with E-state index in [-0.39, 0.29) is 5.41 Å². The van der Waals surface area contributed by atoms with E-state index in [4.69, 9.17) is 0 Å². The molecule has 0 saturated heterocycles. The number of benzene rings is 12. The van der Waals surface area contributed by atoms with E-state index in [1.807, 2.05) is 11.3 Å². The van der Waals surface area contributed by atoms with E-state index in [0.717, 1.165) is 23.5 Å². The molecule has 0 radical (unpaired) electrons. The van der Waals surface area contributed by atoms with E-state index in [1.54, 1.807) is 0 Å². The molecule has 2 aliphatic carbocycles. The number of rotatable bonds is 10. The molecule has 1 heterocycles. The minimum Gasteiger partial charge on any atom is -0.311 e. The number of anilines is 2. The van der Waals surface area contributed by atoms with Crippen molar-refractivity contribution in [1.29, 1.82) is 0 Å². The van der Waals surface area contributed by atoms with Gasteiger partial charge in [0.05, 0.1) is 5.41 Å². The van der Waals surface area contributed by atoms with Gasteiger partial charge >= 0.3 is 0 Å². The van der Waals surface area contributed by atoms with Gasteiger partial charge in [-0.1, -0.05) is 262 Å². The molecule has 0 bridgehead atoms. The maximum atomic E-state index is 2.53. The molecule has 0 aliphatic heterocycles. The van der Waals surface area contributed by atoms with Crippen LogP contribution in [0.4, 0.5) is 11.4 Å². The molecule has 1 aromatic heterocycles. The van der Waals surface area contributed by atoms with E-state index >= 15 is 0 Å². The topological polar surface area (TPSA) is 3.24 Å². The molecule has 80 heavy (non-hydrogen) atoms. The average Bonchev–Trinajstić information content (AvgIpc) is 4.21. The molecule has 0 N–H and O–H groups in total. The summed E-state index contributed by atoms with van der Waals surface area (Å²) in [6.07, 6.45) is 8.11. The van der Waals surface area contributed by atoms with E-state index < -0.39 is 5.41 Å². The highest BCUT2D eigenvalue weighted by atomic mass is 32.1. The third-order valence-electron chi connectivity index (χ3n) is 17.2. The van der Waals surface area contributed by atoms with Crippen LogP contribution in [0.15, 0.2) is 309 Å². The number of hydrogen-bond donors (Lipinski definition) is 0. The van der Waals surface area contributed by atoms with Crippen LogP contribution >= 0.6 is 11.3 Å². The van der Waals surface area contributed by atoms with Gasteiger partial charge in [-0.15, -0.1) is 11.3 Å². The van der Waals surface area contributed by atoms with Crippen molar-refractivity contribution in [3.05, 3.63) is 337 Å². The van der Waals surface area contributed by atoms with E-state index in [1.165, 1.54) is 114 Å². The molecule has 0 fully saturated rings. The summed E-state index contributed by atoms with van der Waals surface area (Å²) in [4.78, 5) is 2.43. The Morgan fingerprint density at radius 2 is 0.900 bits per heavy atom. The van der Waals surface area contributed by atoms with Crippen molar-refractivity contribution in [3.63, 3.8) is 0 Å². The predicted octanol–water partition coefficient (Wildman–Crippen LogP) is 21.2. The van der Waals surface area contributed by atoms with E-state index in [9.17, 15) is 0 Å². The number of hydrogen-bond acceptors (Lipinski definition) is 2. The second kappa shape index (κ2) is 19.4. The fourth-order valence-corrected chi connectivity index (χ4v) is 14.3. The second-order valence-electron chi connectivity index (χ2n) is 21.8. The molecule has 13 aromatic rings. The van der Waals surface area contributed by atoms with Crippen molar-refractivity contribution in [2.45, 2.75) is 24.2 Å². The highest BCUT2D eigenvalue weighted by molar-refractivity contribution is 7.26. The SMILES string of the molecule is CC1(c2ccc3c(c2)C(c2ccccc2)(c2ccccc2)c2ccccc2-3)C=CC(N(c2ccc(-c3ccc(-c4cccc(-c5ccc6ccccc6c5)c4)cc3)cc2)c2ccc(-c3cccc4c3sc3ccccc34)cc2)=CC1. The Labute approximate surface area is 472 Å². The predicted molar refractivity (Wildman–Crippen MR) is 340 cm³/mol. The van der Waals surface area contributed by atoms with E-state index in [0.29, 0.717) is 0 Å². The third-order valence-corrected chi connectivity index (χ3v) is 18.4. The summed E-state index contributed by atoms with van der Waals surface area (Å²) in [5, 5.41) is 5.15. The first-order valence-corrected chi connectivity index (χ1v) is 28.7. The van der Waals surface area contributed by atoms with Gasteiger partial charge in [-0.3, -0.25) is 0 Å². The molecule has 378 valence electrons. The van der Waals surface area contributed by atoms with Crippen molar-refractivity contribution in [2.75, 3.05) is 4.90 Å². The molecule has 1 unspecified atom stereocenters. The smallest absolute Gasteiger partial charge is 0.0713 e. The first-order chi connectivity index (χ1) is 39.5. The molecule has 2 aliphatic rings. The second-order valence-corrected chi connectivity index (χ2v) is 22.9. The summed E-state index contributed by atoms with van der Waals surface area (Å²) >= 11 is 1.88. The Bertz CT molecular complexity index is 4510. The van der Waals surface area contributed by atoms with Gasteiger partial charge in [-0.25, -0.2) is 0 Å². The molecular weight excluding hydrogens is 983 g/mol.